The molecule has 1 heterocycles. The monoisotopic (exact) mass is 264 g/mol. The number of aromatic amines is 1. The van der Waals surface area contributed by atoms with Crippen molar-refractivity contribution in [3.05, 3.63) is 36.2 Å². The van der Waals surface area contributed by atoms with Crippen molar-refractivity contribution in [2.75, 3.05) is 6.54 Å². The summed E-state index contributed by atoms with van der Waals surface area (Å²) in [5, 5.41) is 2.51. The summed E-state index contributed by atoms with van der Waals surface area (Å²) in [7, 11) is 0. The van der Waals surface area contributed by atoms with Gasteiger partial charge >= 0.3 is 5.97 Å². The second kappa shape index (κ2) is 6.53. The van der Waals surface area contributed by atoms with Crippen LogP contribution in [0.3, 0.4) is 0 Å². The van der Waals surface area contributed by atoms with Gasteiger partial charge in [0.15, 0.2) is 11.9 Å². The highest BCUT2D eigenvalue weighted by Gasteiger charge is 2.19. The molecule has 0 saturated heterocycles. The van der Waals surface area contributed by atoms with Gasteiger partial charge in [0.2, 0.25) is 0 Å². The second-order valence-electron chi connectivity index (χ2n) is 3.94. The molecule has 6 nitrogen and oxygen atoms in total. The van der Waals surface area contributed by atoms with Gasteiger partial charge in [0.05, 0.1) is 0 Å². The topological polar surface area (TPSA) is 88.3 Å². The number of nitrogens with one attached hydrogen (secondary N) is 2. The lowest BCUT2D eigenvalue weighted by molar-refractivity contribution is -0.128. The molecule has 0 saturated carbocycles. The number of esters is 1. The molecule has 2 N–H and O–H groups in total. The maximum atomic E-state index is 11.7. The Balaban J connectivity index is 2.60. The molecule has 19 heavy (non-hydrogen) atoms. The summed E-state index contributed by atoms with van der Waals surface area (Å²) >= 11 is 0. The molecule has 0 bridgehead atoms. The van der Waals surface area contributed by atoms with Crippen molar-refractivity contribution in [1.82, 2.24) is 10.3 Å². The quantitative estimate of drug-likeness (QED) is 0.457. The van der Waals surface area contributed by atoms with Crippen LogP contribution in [0.5, 0.6) is 0 Å². The van der Waals surface area contributed by atoms with Crippen LogP contribution in [-0.2, 0) is 9.53 Å². The lowest BCUT2D eigenvalue weighted by Gasteiger charge is -2.11. The van der Waals surface area contributed by atoms with E-state index in [0.717, 1.165) is 0 Å². The van der Waals surface area contributed by atoms with E-state index in [4.69, 9.17) is 4.74 Å². The van der Waals surface area contributed by atoms with E-state index in [1.165, 1.54) is 32.2 Å². The number of Topliss-reactive ketones (excluding diaryl/α,β-unsaturated/α-hetero) is 1. The van der Waals surface area contributed by atoms with Crippen LogP contribution in [-0.4, -0.2) is 35.3 Å². The third-order valence-electron chi connectivity index (χ3n) is 2.38. The van der Waals surface area contributed by atoms with Gasteiger partial charge in [-0.15, -0.1) is 6.58 Å². The molecule has 0 aromatic carbocycles. The molecule has 1 aromatic rings. The number of ether oxygens (including phenoxy) is 1. The average Bonchev–Trinajstić information content (AvgIpc) is 2.85. The molecule has 1 aromatic heterocycles. The molecule has 0 unspecified atom stereocenters. The molecular formula is C13H16N2O4. The van der Waals surface area contributed by atoms with E-state index in [2.05, 4.69) is 16.9 Å². The van der Waals surface area contributed by atoms with E-state index in [1.54, 1.807) is 0 Å². The molecule has 1 amide bonds. The maximum Gasteiger partial charge on any atom is 0.355 e. The van der Waals surface area contributed by atoms with E-state index in [0.29, 0.717) is 12.1 Å². The number of hydrogen-bond acceptors (Lipinski definition) is 4. The first-order valence-electron chi connectivity index (χ1n) is 5.74. The second-order valence-corrected chi connectivity index (χ2v) is 3.94. The van der Waals surface area contributed by atoms with Crippen molar-refractivity contribution in [1.29, 1.82) is 0 Å². The SMILES string of the molecule is C=CCNC(=O)[C@H](C)OC(=O)c1cc(C(C)=O)c[nH]1. The Hall–Kier alpha value is -2.37. The Morgan fingerprint density at radius 2 is 2.21 bits per heavy atom. The van der Waals surface area contributed by atoms with Crippen LogP contribution >= 0.6 is 0 Å². The summed E-state index contributed by atoms with van der Waals surface area (Å²) < 4.78 is 4.96. The van der Waals surface area contributed by atoms with Gasteiger partial charge < -0.3 is 15.0 Å². The number of carbonyl (C=O) groups excluding carboxylic acids is 3. The fraction of sp³-hybridized carbons (Fsp3) is 0.308. The number of ketones is 1. The molecule has 0 fully saturated rings. The molecule has 6 heteroatoms. The first-order valence-corrected chi connectivity index (χ1v) is 5.74. The summed E-state index contributed by atoms with van der Waals surface area (Å²) in [6.45, 7) is 6.62. The molecule has 0 spiro atoms. The molecule has 1 atom stereocenters. The van der Waals surface area contributed by atoms with Gasteiger partial charge in [-0.2, -0.15) is 0 Å². The van der Waals surface area contributed by atoms with Crippen molar-refractivity contribution < 1.29 is 19.1 Å². The molecule has 0 aliphatic carbocycles. The predicted octanol–water partition coefficient (Wildman–Crippen LogP) is 1.06. The normalized spacial score (nSPS) is 11.5. The summed E-state index contributed by atoms with van der Waals surface area (Å²) in [5.74, 6) is -1.26. The van der Waals surface area contributed by atoms with Crippen molar-refractivity contribution >= 4 is 17.7 Å². The van der Waals surface area contributed by atoms with Crippen LogP contribution in [0.15, 0.2) is 24.9 Å². The minimum Gasteiger partial charge on any atom is -0.448 e. The van der Waals surface area contributed by atoms with Crippen LogP contribution in [0.25, 0.3) is 0 Å². The zero-order valence-electron chi connectivity index (χ0n) is 10.9. The lowest BCUT2D eigenvalue weighted by Crippen LogP contribution is -2.35. The van der Waals surface area contributed by atoms with Gasteiger partial charge in [0.1, 0.15) is 5.69 Å². The molecule has 0 radical (unpaired) electrons. The standard InChI is InChI=1S/C13H16N2O4/c1-4-5-14-12(17)9(3)19-13(18)11-6-10(7-15-11)8(2)16/h4,6-7,9,15H,1,5H2,2-3H3,(H,14,17)/t9-/m0/s1. The highest BCUT2D eigenvalue weighted by Crippen LogP contribution is 2.07. The summed E-state index contributed by atoms with van der Waals surface area (Å²) in [5.41, 5.74) is 0.518. The third-order valence-corrected chi connectivity index (χ3v) is 2.38. The van der Waals surface area contributed by atoms with E-state index in [-0.39, 0.29) is 11.5 Å². The fourth-order valence-corrected chi connectivity index (χ4v) is 1.31. The first-order chi connectivity index (χ1) is 8.95. The van der Waals surface area contributed by atoms with E-state index < -0.39 is 18.0 Å². The number of hydrogen-bond donors (Lipinski definition) is 2. The summed E-state index contributed by atoms with van der Waals surface area (Å²) in [6, 6.07) is 1.39. The molecule has 0 aliphatic rings. The van der Waals surface area contributed by atoms with Crippen LogP contribution in [0, 0.1) is 0 Å². The Kier molecular flexibility index (Phi) is 5.05. The highest BCUT2D eigenvalue weighted by atomic mass is 16.5. The van der Waals surface area contributed by atoms with Crippen LogP contribution in [0.2, 0.25) is 0 Å². The van der Waals surface area contributed by atoms with Gasteiger partial charge in [0, 0.05) is 18.3 Å². The zero-order chi connectivity index (χ0) is 14.4. The average molecular weight is 264 g/mol. The number of rotatable bonds is 6. The number of H-pyrrole nitrogens is 1. The maximum absolute atomic E-state index is 11.7. The van der Waals surface area contributed by atoms with Gasteiger partial charge in [-0.3, -0.25) is 9.59 Å². The lowest BCUT2D eigenvalue weighted by atomic mass is 10.2. The predicted molar refractivity (Wildman–Crippen MR) is 68.9 cm³/mol. The van der Waals surface area contributed by atoms with Gasteiger partial charge in [-0.05, 0) is 19.9 Å². The van der Waals surface area contributed by atoms with Crippen molar-refractivity contribution in [2.24, 2.45) is 0 Å². The molecule has 0 aliphatic heterocycles. The first kappa shape index (κ1) is 14.7. The summed E-state index contributed by atoms with van der Waals surface area (Å²) in [4.78, 5) is 36.9. The van der Waals surface area contributed by atoms with Gasteiger partial charge in [0.25, 0.3) is 5.91 Å². The molecular weight excluding hydrogens is 248 g/mol. The smallest absolute Gasteiger partial charge is 0.355 e. The van der Waals surface area contributed by atoms with Crippen molar-refractivity contribution in [3.63, 3.8) is 0 Å². The zero-order valence-corrected chi connectivity index (χ0v) is 10.9. The number of aromatic nitrogens is 1. The Morgan fingerprint density at radius 1 is 1.53 bits per heavy atom. The van der Waals surface area contributed by atoms with Crippen molar-refractivity contribution in [3.8, 4) is 0 Å². The third kappa shape index (κ3) is 4.09. The highest BCUT2D eigenvalue weighted by molar-refractivity contribution is 5.98. The van der Waals surface area contributed by atoms with E-state index >= 15 is 0 Å². The van der Waals surface area contributed by atoms with Gasteiger partial charge in [-0.1, -0.05) is 6.08 Å². The molecule has 102 valence electrons. The Bertz CT molecular complexity index is 504. The number of amides is 1. The van der Waals surface area contributed by atoms with Crippen LogP contribution < -0.4 is 5.32 Å². The van der Waals surface area contributed by atoms with E-state index in [9.17, 15) is 14.4 Å². The van der Waals surface area contributed by atoms with Crippen LogP contribution in [0.1, 0.15) is 34.7 Å². The summed E-state index contributed by atoms with van der Waals surface area (Å²) in [6.07, 6.45) is 2.02. The Labute approximate surface area is 110 Å². The largest absolute Gasteiger partial charge is 0.448 e. The number of carbonyl (C=O) groups is 3. The van der Waals surface area contributed by atoms with E-state index in [1.807, 2.05) is 0 Å². The minimum atomic E-state index is -0.920. The van der Waals surface area contributed by atoms with Crippen LogP contribution in [0.4, 0.5) is 0 Å². The molecule has 1 rings (SSSR count). The minimum absolute atomic E-state index is 0.133. The van der Waals surface area contributed by atoms with Gasteiger partial charge in [-0.25, -0.2) is 4.79 Å². The Morgan fingerprint density at radius 3 is 2.74 bits per heavy atom. The fourth-order valence-electron chi connectivity index (χ4n) is 1.31. The van der Waals surface area contributed by atoms with Crippen molar-refractivity contribution in [2.45, 2.75) is 20.0 Å².